The molecule has 4 rings (SSSR count). The van der Waals surface area contributed by atoms with Crippen LogP contribution in [0.1, 0.15) is 52.7 Å². The summed E-state index contributed by atoms with van der Waals surface area (Å²) < 4.78 is 4.10. The van der Waals surface area contributed by atoms with Gasteiger partial charge in [-0.15, -0.1) is 0 Å². The Balaban J connectivity index is 0.000000161. The molecule has 2 aromatic carbocycles. The highest BCUT2D eigenvalue weighted by atomic mass is 15.0. The van der Waals surface area contributed by atoms with E-state index in [0.29, 0.717) is 0 Å². The van der Waals surface area contributed by atoms with Gasteiger partial charge in [-0.3, -0.25) is 0 Å². The van der Waals surface area contributed by atoms with Gasteiger partial charge in [-0.1, -0.05) is 53.7 Å². The molecule has 0 unspecified atom stereocenters. The largest absolute Gasteiger partial charge is 0.334 e. The third-order valence-electron chi connectivity index (χ3n) is 5.18. The molecule has 0 aliphatic carbocycles. The molecule has 4 heteroatoms. The van der Waals surface area contributed by atoms with E-state index in [1.807, 2.05) is 31.3 Å². The van der Waals surface area contributed by atoms with E-state index in [1.165, 1.54) is 22.2 Å². The molecule has 0 atom stereocenters. The van der Waals surface area contributed by atoms with Gasteiger partial charge in [-0.2, -0.15) is 0 Å². The van der Waals surface area contributed by atoms with Crippen LogP contribution in [0.5, 0.6) is 0 Å². The SMILES string of the molecule is Cn1cnc2cc(C(C)(C)C)ccc21.Cn1cnc2ccc(C(C)(C)C)cc21. The molecule has 4 aromatic rings. The summed E-state index contributed by atoms with van der Waals surface area (Å²) in [6.07, 6.45) is 3.72. The smallest absolute Gasteiger partial charge is 0.0955 e. The average molecular weight is 377 g/mol. The fraction of sp³-hybridized carbons (Fsp3) is 0.417. The van der Waals surface area contributed by atoms with Crippen molar-refractivity contribution in [3.63, 3.8) is 0 Å². The first-order chi connectivity index (χ1) is 13.0. The van der Waals surface area contributed by atoms with Gasteiger partial charge in [0.05, 0.1) is 34.7 Å². The van der Waals surface area contributed by atoms with Crippen LogP contribution in [0.25, 0.3) is 22.1 Å². The van der Waals surface area contributed by atoms with Crippen LogP contribution in [-0.2, 0) is 24.9 Å². The summed E-state index contributed by atoms with van der Waals surface area (Å²) in [4.78, 5) is 8.66. The summed E-state index contributed by atoms with van der Waals surface area (Å²) in [7, 11) is 4.05. The lowest BCUT2D eigenvalue weighted by Crippen LogP contribution is -2.10. The second kappa shape index (κ2) is 7.08. The highest BCUT2D eigenvalue weighted by Gasteiger charge is 2.15. The molecular formula is C24H32N4. The van der Waals surface area contributed by atoms with E-state index in [-0.39, 0.29) is 10.8 Å². The van der Waals surface area contributed by atoms with E-state index in [2.05, 4.69) is 92.5 Å². The monoisotopic (exact) mass is 376 g/mol. The van der Waals surface area contributed by atoms with Crippen molar-refractivity contribution in [1.82, 2.24) is 19.1 Å². The first-order valence-electron chi connectivity index (χ1n) is 9.80. The van der Waals surface area contributed by atoms with Crippen molar-refractivity contribution >= 4 is 22.1 Å². The van der Waals surface area contributed by atoms with E-state index in [1.54, 1.807) is 0 Å². The van der Waals surface area contributed by atoms with Gasteiger partial charge in [0.2, 0.25) is 0 Å². The zero-order valence-corrected chi connectivity index (χ0v) is 18.4. The third-order valence-corrected chi connectivity index (χ3v) is 5.18. The molecule has 0 N–H and O–H groups in total. The number of aromatic nitrogens is 4. The van der Waals surface area contributed by atoms with Crippen LogP contribution in [0.2, 0.25) is 0 Å². The van der Waals surface area contributed by atoms with Gasteiger partial charge in [0, 0.05) is 14.1 Å². The van der Waals surface area contributed by atoms with Crippen LogP contribution in [0.3, 0.4) is 0 Å². The highest BCUT2D eigenvalue weighted by Crippen LogP contribution is 2.26. The van der Waals surface area contributed by atoms with Crippen LogP contribution >= 0.6 is 0 Å². The molecule has 28 heavy (non-hydrogen) atoms. The van der Waals surface area contributed by atoms with Gasteiger partial charge in [-0.25, -0.2) is 9.97 Å². The second-order valence-corrected chi connectivity index (χ2v) is 9.62. The lowest BCUT2D eigenvalue weighted by Gasteiger charge is -2.18. The molecule has 0 aliphatic heterocycles. The Morgan fingerprint density at radius 2 is 1.11 bits per heavy atom. The number of benzene rings is 2. The Kier molecular flexibility index (Phi) is 5.09. The summed E-state index contributed by atoms with van der Waals surface area (Å²) in [5.41, 5.74) is 7.65. The molecule has 0 fully saturated rings. The molecule has 0 bridgehead atoms. The quantitative estimate of drug-likeness (QED) is 0.392. The van der Waals surface area contributed by atoms with Crippen molar-refractivity contribution < 1.29 is 0 Å². The zero-order chi connectivity index (χ0) is 20.7. The number of rotatable bonds is 0. The molecule has 2 aromatic heterocycles. The number of nitrogens with zero attached hydrogens (tertiary/aromatic N) is 4. The highest BCUT2D eigenvalue weighted by molar-refractivity contribution is 5.77. The van der Waals surface area contributed by atoms with E-state index < -0.39 is 0 Å². The van der Waals surface area contributed by atoms with Gasteiger partial charge >= 0.3 is 0 Å². The fourth-order valence-electron chi connectivity index (χ4n) is 3.20. The maximum absolute atomic E-state index is 4.36. The summed E-state index contributed by atoms with van der Waals surface area (Å²) in [6, 6.07) is 13.0. The molecule has 148 valence electrons. The summed E-state index contributed by atoms with van der Waals surface area (Å²) in [6.45, 7) is 13.3. The lowest BCUT2D eigenvalue weighted by atomic mass is 9.87. The van der Waals surface area contributed by atoms with Crippen molar-refractivity contribution in [3.05, 3.63) is 60.2 Å². The van der Waals surface area contributed by atoms with Crippen molar-refractivity contribution in [2.24, 2.45) is 14.1 Å². The summed E-state index contributed by atoms with van der Waals surface area (Å²) >= 11 is 0. The van der Waals surface area contributed by atoms with E-state index >= 15 is 0 Å². The van der Waals surface area contributed by atoms with Crippen molar-refractivity contribution in [1.29, 1.82) is 0 Å². The minimum Gasteiger partial charge on any atom is -0.334 e. The van der Waals surface area contributed by atoms with Crippen LogP contribution in [-0.4, -0.2) is 19.1 Å². The van der Waals surface area contributed by atoms with Crippen molar-refractivity contribution in [2.75, 3.05) is 0 Å². The molecule has 0 amide bonds. The van der Waals surface area contributed by atoms with E-state index in [9.17, 15) is 0 Å². The number of aryl methyl sites for hydroxylation is 2. The minimum atomic E-state index is 0.200. The molecule has 0 aliphatic rings. The van der Waals surface area contributed by atoms with Gasteiger partial charge in [0.15, 0.2) is 0 Å². The van der Waals surface area contributed by atoms with Gasteiger partial charge in [0.25, 0.3) is 0 Å². The maximum Gasteiger partial charge on any atom is 0.0955 e. The summed E-state index contributed by atoms with van der Waals surface area (Å²) in [5.74, 6) is 0. The van der Waals surface area contributed by atoms with Gasteiger partial charge < -0.3 is 9.13 Å². The Labute approximate surface area is 168 Å². The predicted molar refractivity (Wildman–Crippen MR) is 119 cm³/mol. The van der Waals surface area contributed by atoms with Crippen LogP contribution < -0.4 is 0 Å². The Bertz CT molecular complexity index is 1100. The Morgan fingerprint density at radius 3 is 1.71 bits per heavy atom. The number of imidazole rings is 2. The minimum absolute atomic E-state index is 0.200. The predicted octanol–water partition coefficient (Wildman–Crippen LogP) is 5.74. The maximum atomic E-state index is 4.36. The van der Waals surface area contributed by atoms with Crippen LogP contribution in [0.15, 0.2) is 49.1 Å². The molecular weight excluding hydrogens is 344 g/mol. The first-order valence-corrected chi connectivity index (χ1v) is 9.80. The number of hydrogen-bond donors (Lipinski definition) is 0. The molecule has 0 saturated heterocycles. The van der Waals surface area contributed by atoms with Crippen LogP contribution in [0, 0.1) is 0 Å². The normalized spacial score (nSPS) is 12.3. The van der Waals surface area contributed by atoms with Crippen molar-refractivity contribution in [2.45, 2.75) is 52.4 Å². The average Bonchev–Trinajstić information content (AvgIpc) is 3.17. The third kappa shape index (κ3) is 4.11. The van der Waals surface area contributed by atoms with Crippen LogP contribution in [0.4, 0.5) is 0 Å². The first kappa shape index (κ1) is 20.1. The zero-order valence-electron chi connectivity index (χ0n) is 18.4. The molecule has 2 heterocycles. The second-order valence-electron chi connectivity index (χ2n) is 9.62. The Morgan fingerprint density at radius 1 is 0.607 bits per heavy atom. The van der Waals surface area contributed by atoms with Crippen molar-refractivity contribution in [3.8, 4) is 0 Å². The number of hydrogen-bond acceptors (Lipinski definition) is 2. The lowest BCUT2D eigenvalue weighted by molar-refractivity contribution is 0.590. The molecule has 4 nitrogen and oxygen atoms in total. The van der Waals surface area contributed by atoms with E-state index in [0.717, 1.165) is 11.0 Å². The molecule has 0 radical (unpaired) electrons. The number of fused-ring (bicyclic) bond motifs is 2. The standard InChI is InChI=1S/2C12H16N2/c1-12(2,3)9-5-6-11-10(7-9)13-8-14(11)4;1-12(2,3)9-5-6-10-11(7-9)14(4)8-13-10/h2*5-8H,1-4H3. The summed E-state index contributed by atoms with van der Waals surface area (Å²) in [5, 5.41) is 0. The van der Waals surface area contributed by atoms with Gasteiger partial charge in [0.1, 0.15) is 0 Å². The Hall–Kier alpha value is -2.62. The van der Waals surface area contributed by atoms with E-state index in [4.69, 9.17) is 0 Å². The van der Waals surface area contributed by atoms with Gasteiger partial charge in [-0.05, 0) is 46.2 Å². The molecule has 0 spiro atoms. The molecule has 0 saturated carbocycles. The fourth-order valence-corrected chi connectivity index (χ4v) is 3.20. The topological polar surface area (TPSA) is 35.6 Å².